The molecular formula is C9H9F3N2O3S2. The molecule has 0 aliphatic heterocycles. The van der Waals surface area contributed by atoms with E-state index in [0.29, 0.717) is 17.1 Å². The van der Waals surface area contributed by atoms with Gasteiger partial charge in [-0.1, -0.05) is 0 Å². The number of thioether (sulfide) groups is 1. The van der Waals surface area contributed by atoms with Gasteiger partial charge in [-0.25, -0.2) is 4.98 Å². The Labute approximate surface area is 114 Å². The molecule has 1 aromatic rings. The maximum atomic E-state index is 12.2. The van der Waals surface area contributed by atoms with E-state index in [9.17, 15) is 22.8 Å². The van der Waals surface area contributed by atoms with E-state index in [-0.39, 0.29) is 18.0 Å². The summed E-state index contributed by atoms with van der Waals surface area (Å²) in [5.41, 5.74) is -0.291. The van der Waals surface area contributed by atoms with E-state index >= 15 is 0 Å². The lowest BCUT2D eigenvalue weighted by Gasteiger charge is -2.02. The van der Waals surface area contributed by atoms with Crippen LogP contribution in [0.15, 0.2) is 5.38 Å². The summed E-state index contributed by atoms with van der Waals surface area (Å²) < 4.78 is 36.7. The smallest absolute Gasteiger partial charge is 0.443 e. The number of carboxylic acid groups (broad SMARTS) is 1. The van der Waals surface area contributed by atoms with Crippen molar-refractivity contribution in [2.75, 3.05) is 18.1 Å². The highest BCUT2D eigenvalue weighted by atomic mass is 32.2. The normalized spacial score (nSPS) is 11.3. The molecule has 106 valence electrons. The number of carboxylic acids is 1. The van der Waals surface area contributed by atoms with Gasteiger partial charge in [0.25, 0.3) is 5.91 Å². The van der Waals surface area contributed by atoms with Gasteiger partial charge in [0.05, 0.1) is 5.75 Å². The van der Waals surface area contributed by atoms with Crippen molar-refractivity contribution in [1.82, 2.24) is 10.3 Å². The lowest BCUT2D eigenvalue weighted by Crippen LogP contribution is -2.26. The van der Waals surface area contributed by atoms with Gasteiger partial charge in [0.2, 0.25) is 0 Å². The average molecular weight is 314 g/mol. The molecule has 0 saturated carbocycles. The summed E-state index contributed by atoms with van der Waals surface area (Å²) in [7, 11) is 0. The van der Waals surface area contributed by atoms with Gasteiger partial charge in [-0.2, -0.15) is 13.2 Å². The second-order valence-electron chi connectivity index (χ2n) is 3.24. The van der Waals surface area contributed by atoms with Gasteiger partial charge in [-0.15, -0.1) is 23.1 Å². The van der Waals surface area contributed by atoms with E-state index in [2.05, 4.69) is 10.3 Å². The molecule has 0 radical (unpaired) electrons. The Bertz CT molecular complexity index is 462. The summed E-state index contributed by atoms with van der Waals surface area (Å²) >= 11 is 1.45. The van der Waals surface area contributed by atoms with Crippen molar-refractivity contribution in [3.63, 3.8) is 0 Å². The number of nitrogens with one attached hydrogen (secondary N) is 1. The Kier molecular flexibility index (Phi) is 5.60. The number of hydrogen-bond acceptors (Lipinski definition) is 5. The summed E-state index contributed by atoms with van der Waals surface area (Å²) in [5.74, 6) is -1.41. The van der Waals surface area contributed by atoms with Crippen LogP contribution in [-0.2, 0) is 11.0 Å². The number of aromatic nitrogens is 1. The third-order valence-electron chi connectivity index (χ3n) is 1.74. The van der Waals surface area contributed by atoms with Crippen LogP contribution in [0.4, 0.5) is 13.2 Å². The summed E-state index contributed by atoms with van der Waals surface area (Å²) in [5, 5.41) is 10.7. The van der Waals surface area contributed by atoms with Crippen LogP contribution in [0.1, 0.15) is 15.5 Å². The van der Waals surface area contributed by atoms with Gasteiger partial charge in [0.1, 0.15) is 5.69 Å². The third-order valence-corrected chi connectivity index (χ3v) is 3.57. The third kappa shape index (κ3) is 5.47. The average Bonchev–Trinajstić information content (AvgIpc) is 2.76. The summed E-state index contributed by atoms with van der Waals surface area (Å²) in [6.45, 7) is 0.162. The second kappa shape index (κ2) is 6.75. The van der Waals surface area contributed by atoms with Crippen LogP contribution in [0.5, 0.6) is 0 Å². The zero-order chi connectivity index (χ0) is 14.5. The highest BCUT2D eigenvalue weighted by molar-refractivity contribution is 7.99. The van der Waals surface area contributed by atoms with Crippen molar-refractivity contribution in [2.45, 2.75) is 6.18 Å². The van der Waals surface area contributed by atoms with Crippen LogP contribution < -0.4 is 5.32 Å². The van der Waals surface area contributed by atoms with Crippen LogP contribution in [0, 0.1) is 0 Å². The van der Waals surface area contributed by atoms with Gasteiger partial charge in [-0.05, 0) is 0 Å². The molecule has 5 nitrogen and oxygen atoms in total. The van der Waals surface area contributed by atoms with Gasteiger partial charge in [0, 0.05) is 17.7 Å². The molecule has 1 rings (SSSR count). The van der Waals surface area contributed by atoms with Crippen molar-refractivity contribution in [1.29, 1.82) is 0 Å². The van der Waals surface area contributed by atoms with Crippen LogP contribution in [0.25, 0.3) is 0 Å². The predicted octanol–water partition coefficient (Wildman–Crippen LogP) is 1.71. The molecule has 0 aliphatic rings. The molecule has 1 aromatic heterocycles. The first kappa shape index (κ1) is 15.8. The van der Waals surface area contributed by atoms with Gasteiger partial charge >= 0.3 is 12.1 Å². The molecule has 2 N–H and O–H groups in total. The fourth-order valence-corrected chi connectivity index (χ4v) is 2.23. The van der Waals surface area contributed by atoms with Crippen molar-refractivity contribution < 1.29 is 27.9 Å². The molecule has 0 unspecified atom stereocenters. The Morgan fingerprint density at radius 2 is 2.16 bits per heavy atom. The Balaban J connectivity index is 2.38. The first-order valence-corrected chi connectivity index (χ1v) is 6.94. The number of rotatable bonds is 6. The number of hydrogen-bond donors (Lipinski definition) is 2. The summed E-state index contributed by atoms with van der Waals surface area (Å²) in [4.78, 5) is 24.8. The lowest BCUT2D eigenvalue weighted by atomic mass is 10.4. The minimum Gasteiger partial charge on any atom is -0.481 e. The number of carbonyl (C=O) groups excluding carboxylic acids is 1. The molecule has 0 aromatic carbocycles. The van der Waals surface area contributed by atoms with Crippen molar-refractivity contribution in [2.24, 2.45) is 0 Å². The molecule has 10 heteroatoms. The first-order chi connectivity index (χ1) is 8.80. The minimum absolute atomic E-state index is 0.0925. The van der Waals surface area contributed by atoms with E-state index in [1.165, 1.54) is 0 Å². The van der Waals surface area contributed by atoms with E-state index < -0.39 is 23.1 Å². The van der Waals surface area contributed by atoms with Crippen molar-refractivity contribution in [3.05, 3.63) is 16.1 Å². The van der Waals surface area contributed by atoms with E-state index in [1.807, 2.05) is 0 Å². The lowest BCUT2D eigenvalue weighted by molar-refractivity contribution is -0.137. The van der Waals surface area contributed by atoms with Crippen molar-refractivity contribution >= 4 is 35.0 Å². The quantitative estimate of drug-likeness (QED) is 0.782. The van der Waals surface area contributed by atoms with E-state index in [0.717, 1.165) is 17.1 Å². The predicted molar refractivity (Wildman–Crippen MR) is 64.4 cm³/mol. The highest BCUT2D eigenvalue weighted by Gasteiger charge is 2.35. The monoisotopic (exact) mass is 314 g/mol. The Hall–Kier alpha value is -1.29. The van der Waals surface area contributed by atoms with Crippen LogP contribution in [-0.4, -0.2) is 40.0 Å². The van der Waals surface area contributed by atoms with Crippen LogP contribution in [0.3, 0.4) is 0 Å². The molecule has 1 heterocycles. The SMILES string of the molecule is O=C(O)CSCCNC(=O)c1csc(C(F)(F)F)n1. The number of nitrogens with zero attached hydrogens (tertiary/aromatic N) is 1. The molecule has 0 aliphatic carbocycles. The number of alkyl halides is 3. The number of amides is 1. The Morgan fingerprint density at radius 3 is 2.68 bits per heavy atom. The zero-order valence-corrected chi connectivity index (χ0v) is 11.0. The fourth-order valence-electron chi connectivity index (χ4n) is 0.995. The number of carbonyl (C=O) groups is 2. The number of aliphatic carboxylic acids is 1. The van der Waals surface area contributed by atoms with E-state index in [1.54, 1.807) is 0 Å². The standard InChI is InChI=1S/C9H9F3N2O3S2/c10-9(11,12)8-14-5(3-19-8)7(17)13-1-2-18-4-6(15)16/h3H,1-2,4H2,(H,13,17)(H,15,16). The van der Waals surface area contributed by atoms with Crippen LogP contribution in [0.2, 0.25) is 0 Å². The molecular weight excluding hydrogens is 305 g/mol. The molecule has 0 bridgehead atoms. The topological polar surface area (TPSA) is 79.3 Å². The molecule has 0 atom stereocenters. The number of thiazole rings is 1. The molecule has 19 heavy (non-hydrogen) atoms. The maximum absolute atomic E-state index is 12.2. The van der Waals surface area contributed by atoms with Crippen molar-refractivity contribution in [3.8, 4) is 0 Å². The first-order valence-electron chi connectivity index (χ1n) is 4.91. The van der Waals surface area contributed by atoms with Gasteiger partial charge in [-0.3, -0.25) is 9.59 Å². The van der Waals surface area contributed by atoms with Gasteiger partial charge in [0.15, 0.2) is 5.01 Å². The summed E-state index contributed by atoms with van der Waals surface area (Å²) in [6.07, 6.45) is -4.56. The molecule has 0 saturated heterocycles. The highest BCUT2D eigenvalue weighted by Crippen LogP contribution is 2.31. The fraction of sp³-hybridized carbons (Fsp3) is 0.444. The minimum atomic E-state index is -4.56. The maximum Gasteiger partial charge on any atom is 0.443 e. The van der Waals surface area contributed by atoms with Gasteiger partial charge < -0.3 is 10.4 Å². The molecule has 1 amide bonds. The van der Waals surface area contributed by atoms with Crippen LogP contribution >= 0.6 is 23.1 Å². The summed E-state index contributed by atoms with van der Waals surface area (Å²) in [6, 6.07) is 0. The second-order valence-corrected chi connectivity index (χ2v) is 5.20. The Morgan fingerprint density at radius 1 is 1.47 bits per heavy atom. The van der Waals surface area contributed by atoms with E-state index in [4.69, 9.17) is 5.11 Å². The zero-order valence-electron chi connectivity index (χ0n) is 9.36. The number of halogens is 3. The molecule has 0 spiro atoms. The largest absolute Gasteiger partial charge is 0.481 e. The molecule has 0 fully saturated rings.